The number of aromatic nitrogens is 2. The molecule has 0 fully saturated rings. The normalized spacial score (nSPS) is 12.2. The maximum absolute atomic E-state index is 14.7. The lowest BCUT2D eigenvalue weighted by Crippen LogP contribution is -2.07. The molecule has 0 bridgehead atoms. The van der Waals surface area contributed by atoms with Gasteiger partial charge in [0.2, 0.25) is 12.7 Å². The number of nitrogens with zero attached hydrogens (tertiary/aromatic N) is 3. The number of rotatable bonds is 5. The van der Waals surface area contributed by atoms with Gasteiger partial charge in [0, 0.05) is 40.4 Å². The van der Waals surface area contributed by atoms with Gasteiger partial charge in [-0.25, -0.2) is 9.37 Å². The van der Waals surface area contributed by atoms with Crippen molar-refractivity contribution in [2.24, 2.45) is 0 Å². The molecule has 1 aliphatic rings. The first-order valence-electron chi connectivity index (χ1n) is 9.87. The third kappa shape index (κ3) is 3.20. The fourth-order valence-corrected chi connectivity index (χ4v) is 4.02. The smallest absolute Gasteiger partial charge is 0.231 e. The molecule has 0 spiro atoms. The summed E-state index contributed by atoms with van der Waals surface area (Å²) in [4.78, 5) is 4.30. The first-order chi connectivity index (χ1) is 15.6. The number of aliphatic hydroxyl groups is 1. The number of benzene rings is 2. The molecule has 5 rings (SSSR count). The fourth-order valence-electron chi connectivity index (χ4n) is 4.02. The molecule has 0 atom stereocenters. The Hall–Kier alpha value is -4.09. The minimum absolute atomic E-state index is 0.123. The number of ether oxygens (including phenoxy) is 3. The number of fused-ring (bicyclic) bond motifs is 2. The van der Waals surface area contributed by atoms with Gasteiger partial charge in [0.25, 0.3) is 0 Å². The standard InChI is InChI=1S/C24H18FN3O4/c1-30-23-5-4-15(10-27-23)24-17-7-21-22(32-13-31-21)8-19(17)28(20(24)12-29)11-16-3-2-14(9-26)6-18(16)25/h2-8,10,29H,11-13H2,1H3. The van der Waals surface area contributed by atoms with Crippen molar-refractivity contribution in [1.82, 2.24) is 9.55 Å². The van der Waals surface area contributed by atoms with Crippen LogP contribution in [0.4, 0.5) is 4.39 Å². The molecular weight excluding hydrogens is 413 g/mol. The summed E-state index contributed by atoms with van der Waals surface area (Å²) in [5.41, 5.74) is 3.54. The van der Waals surface area contributed by atoms with Crippen LogP contribution >= 0.6 is 0 Å². The lowest BCUT2D eigenvalue weighted by molar-refractivity contribution is 0.174. The van der Waals surface area contributed by atoms with Crippen molar-refractivity contribution in [2.75, 3.05) is 13.9 Å². The minimum Gasteiger partial charge on any atom is -0.481 e. The van der Waals surface area contributed by atoms with E-state index in [4.69, 9.17) is 19.5 Å². The molecule has 7 nitrogen and oxygen atoms in total. The van der Waals surface area contributed by atoms with Gasteiger partial charge in [0.05, 0.1) is 43.1 Å². The minimum atomic E-state index is -0.483. The average Bonchev–Trinajstić information content (AvgIpc) is 3.40. The summed E-state index contributed by atoms with van der Waals surface area (Å²) in [6.07, 6.45) is 1.67. The van der Waals surface area contributed by atoms with Crippen LogP contribution in [-0.4, -0.2) is 28.6 Å². The van der Waals surface area contributed by atoms with Crippen molar-refractivity contribution in [3.8, 4) is 34.6 Å². The Labute approximate surface area is 182 Å². The van der Waals surface area contributed by atoms with Gasteiger partial charge in [0.15, 0.2) is 11.5 Å². The van der Waals surface area contributed by atoms with Gasteiger partial charge in [-0.1, -0.05) is 6.07 Å². The Kier molecular flexibility index (Phi) is 4.88. The molecule has 8 heteroatoms. The van der Waals surface area contributed by atoms with Crippen molar-refractivity contribution in [3.63, 3.8) is 0 Å². The Morgan fingerprint density at radius 3 is 2.66 bits per heavy atom. The highest BCUT2D eigenvalue weighted by molar-refractivity contribution is 6.00. The maximum Gasteiger partial charge on any atom is 0.231 e. The molecule has 1 N–H and O–H groups in total. The zero-order valence-electron chi connectivity index (χ0n) is 17.1. The topological polar surface area (TPSA) is 89.5 Å². The van der Waals surface area contributed by atoms with E-state index in [1.165, 1.54) is 6.07 Å². The Bertz CT molecular complexity index is 1370. The van der Waals surface area contributed by atoms with Gasteiger partial charge >= 0.3 is 0 Å². The van der Waals surface area contributed by atoms with Gasteiger partial charge < -0.3 is 23.9 Å². The molecule has 0 saturated heterocycles. The van der Waals surface area contributed by atoms with Crippen molar-refractivity contribution in [1.29, 1.82) is 5.26 Å². The van der Waals surface area contributed by atoms with Crippen LogP contribution in [0.2, 0.25) is 0 Å². The number of hydrogen-bond donors (Lipinski definition) is 1. The van der Waals surface area contributed by atoms with E-state index >= 15 is 0 Å². The number of aliphatic hydroxyl groups excluding tert-OH is 1. The quantitative estimate of drug-likeness (QED) is 0.514. The van der Waals surface area contributed by atoms with Gasteiger partial charge in [-0.05, 0) is 24.3 Å². The lowest BCUT2D eigenvalue weighted by atomic mass is 10.0. The molecule has 4 aromatic rings. The summed E-state index contributed by atoms with van der Waals surface area (Å²) in [7, 11) is 1.54. The first kappa shape index (κ1) is 19.8. The molecule has 0 amide bonds. The van der Waals surface area contributed by atoms with Crippen molar-refractivity contribution in [2.45, 2.75) is 13.2 Å². The molecule has 160 valence electrons. The highest BCUT2D eigenvalue weighted by atomic mass is 19.1. The van der Waals surface area contributed by atoms with E-state index in [0.717, 1.165) is 22.0 Å². The summed E-state index contributed by atoms with van der Waals surface area (Å²) < 4.78 is 32.8. The molecule has 3 heterocycles. The number of nitriles is 1. The van der Waals surface area contributed by atoms with Gasteiger partial charge in [-0.3, -0.25) is 0 Å². The second kappa shape index (κ2) is 7.87. The zero-order valence-corrected chi connectivity index (χ0v) is 17.1. The van der Waals surface area contributed by atoms with E-state index in [-0.39, 0.29) is 25.5 Å². The van der Waals surface area contributed by atoms with Crippen LogP contribution in [0.15, 0.2) is 48.7 Å². The monoisotopic (exact) mass is 431 g/mol. The molecule has 2 aromatic heterocycles. The molecule has 32 heavy (non-hydrogen) atoms. The summed E-state index contributed by atoms with van der Waals surface area (Å²) in [5.74, 6) is 1.18. The zero-order chi connectivity index (χ0) is 22.2. The number of pyridine rings is 1. The first-order valence-corrected chi connectivity index (χ1v) is 9.87. The van der Waals surface area contributed by atoms with Gasteiger partial charge in [0.1, 0.15) is 5.82 Å². The number of methoxy groups -OCH3 is 1. The van der Waals surface area contributed by atoms with Crippen LogP contribution in [0, 0.1) is 17.1 Å². The number of hydrogen-bond acceptors (Lipinski definition) is 6. The van der Waals surface area contributed by atoms with E-state index in [1.807, 2.05) is 28.8 Å². The van der Waals surface area contributed by atoms with Crippen LogP contribution in [-0.2, 0) is 13.2 Å². The molecule has 0 unspecified atom stereocenters. The fraction of sp³-hybridized carbons (Fsp3) is 0.167. The second-order valence-corrected chi connectivity index (χ2v) is 7.30. The number of halogens is 1. The SMILES string of the molecule is COc1ccc(-c2c(CO)n(Cc3ccc(C#N)cc3F)c3cc4c(cc23)OCO4)cn1. The third-order valence-corrected chi connectivity index (χ3v) is 5.56. The summed E-state index contributed by atoms with van der Waals surface area (Å²) in [6, 6.07) is 13.6. The maximum atomic E-state index is 14.7. The molecule has 2 aromatic carbocycles. The van der Waals surface area contributed by atoms with Crippen LogP contribution in [0.1, 0.15) is 16.8 Å². The van der Waals surface area contributed by atoms with Crippen LogP contribution < -0.4 is 14.2 Å². The lowest BCUT2D eigenvalue weighted by Gasteiger charge is -2.12. The highest BCUT2D eigenvalue weighted by Gasteiger charge is 2.24. The van der Waals surface area contributed by atoms with E-state index < -0.39 is 5.82 Å². The van der Waals surface area contributed by atoms with E-state index in [9.17, 15) is 9.50 Å². The van der Waals surface area contributed by atoms with Crippen LogP contribution in [0.25, 0.3) is 22.0 Å². The van der Waals surface area contributed by atoms with Gasteiger partial charge in [-0.15, -0.1) is 0 Å². The summed E-state index contributed by atoms with van der Waals surface area (Å²) >= 11 is 0. The predicted octanol–water partition coefficient (Wildman–Crippen LogP) is 3.99. The third-order valence-electron chi connectivity index (χ3n) is 5.56. The van der Waals surface area contributed by atoms with Crippen molar-refractivity contribution >= 4 is 10.9 Å². The summed E-state index contributed by atoms with van der Waals surface area (Å²) in [6.45, 7) is 0.00591. The molecule has 0 saturated carbocycles. The van der Waals surface area contributed by atoms with Crippen molar-refractivity contribution in [3.05, 3.63) is 71.3 Å². The average molecular weight is 431 g/mol. The Balaban J connectivity index is 1.74. The Morgan fingerprint density at radius 1 is 1.19 bits per heavy atom. The second-order valence-electron chi connectivity index (χ2n) is 7.30. The summed E-state index contributed by atoms with van der Waals surface area (Å²) in [5, 5.41) is 20.2. The van der Waals surface area contributed by atoms with Crippen LogP contribution in [0.5, 0.6) is 17.4 Å². The van der Waals surface area contributed by atoms with E-state index in [1.54, 1.807) is 31.5 Å². The van der Waals surface area contributed by atoms with Crippen molar-refractivity contribution < 1.29 is 23.7 Å². The molecular formula is C24H18FN3O4. The van der Waals surface area contributed by atoms with E-state index in [2.05, 4.69) is 4.98 Å². The Morgan fingerprint density at radius 2 is 2.00 bits per heavy atom. The highest BCUT2D eigenvalue weighted by Crippen LogP contribution is 2.43. The van der Waals surface area contributed by atoms with Crippen LogP contribution in [0.3, 0.4) is 0 Å². The van der Waals surface area contributed by atoms with Gasteiger partial charge in [-0.2, -0.15) is 5.26 Å². The molecule has 0 radical (unpaired) electrons. The molecule has 1 aliphatic heterocycles. The van der Waals surface area contributed by atoms with E-state index in [0.29, 0.717) is 28.6 Å². The molecule has 0 aliphatic carbocycles. The predicted molar refractivity (Wildman–Crippen MR) is 114 cm³/mol. The largest absolute Gasteiger partial charge is 0.481 e.